The molecule has 1 aliphatic heterocycles. The number of benzene rings is 1. The molecular weight excluding hydrogens is 456 g/mol. The van der Waals surface area contributed by atoms with Crippen LogP contribution in [0.4, 0.5) is 11.8 Å². The molecule has 0 saturated carbocycles. The molecule has 8 heteroatoms. The fraction of sp³-hybridized carbons (Fsp3) is 0.444. The first-order valence-corrected chi connectivity index (χ1v) is 13.4. The van der Waals surface area contributed by atoms with Gasteiger partial charge >= 0.3 is 0 Å². The molecule has 4 aromatic rings. The van der Waals surface area contributed by atoms with E-state index in [-0.39, 0.29) is 5.48 Å². The Morgan fingerprint density at radius 3 is 2.46 bits per heavy atom. The highest BCUT2D eigenvalue weighted by Gasteiger charge is 2.21. The molecule has 0 radical (unpaired) electrons. The number of likely N-dealkylation sites (N-methyl/N-ethyl adjacent to an activating group) is 1. The Kier molecular flexibility index (Phi) is 8.15. The second-order valence-corrected chi connectivity index (χ2v) is 10.0. The van der Waals surface area contributed by atoms with Gasteiger partial charge in [0, 0.05) is 37.1 Å². The topological polar surface area (TPSA) is 88.7 Å². The molecule has 4 heterocycles. The predicted molar refractivity (Wildman–Crippen MR) is 149 cm³/mol. The number of hydrogen-bond donors (Lipinski definition) is 1. The number of pyridine rings is 1. The van der Waals surface area contributed by atoms with E-state index >= 15 is 0 Å². The average Bonchev–Trinajstić information content (AvgIpc) is 3.27. The highest BCUT2D eigenvalue weighted by atomic mass is 32.1. The summed E-state index contributed by atoms with van der Waals surface area (Å²) in [5.74, 6) is 1.80. The predicted octanol–water partition coefficient (Wildman–Crippen LogP) is 5.13. The molecule has 0 bridgehead atoms. The number of thiophene rings is 1. The molecule has 186 valence electrons. The molecule has 7 nitrogen and oxygen atoms in total. The van der Waals surface area contributed by atoms with Gasteiger partial charge in [-0.1, -0.05) is 44.2 Å². The molecule has 0 spiro atoms. The molecule has 0 atom stereocenters. The lowest BCUT2D eigenvalue weighted by molar-refractivity contribution is 0.316. The van der Waals surface area contributed by atoms with Crippen molar-refractivity contribution in [2.75, 3.05) is 49.5 Å². The van der Waals surface area contributed by atoms with Crippen LogP contribution in [0.3, 0.4) is 0 Å². The lowest BCUT2D eigenvalue weighted by Gasteiger charge is -2.27. The summed E-state index contributed by atoms with van der Waals surface area (Å²) in [4.78, 5) is 21.0. The number of rotatable bonds is 8. The zero-order valence-electron chi connectivity index (χ0n) is 21.0. The SMILES string of the molecule is CCN(CC)CCNc1nc(N2CCCCC2)nc2c1sc1nc(-c3ccccc3)cc(C)c12.O. The van der Waals surface area contributed by atoms with Gasteiger partial charge < -0.3 is 20.6 Å². The fourth-order valence-corrected chi connectivity index (χ4v) is 5.95. The van der Waals surface area contributed by atoms with E-state index in [1.54, 1.807) is 11.3 Å². The van der Waals surface area contributed by atoms with E-state index in [1.165, 1.54) is 24.8 Å². The van der Waals surface area contributed by atoms with Crippen molar-refractivity contribution in [3.05, 3.63) is 42.0 Å². The van der Waals surface area contributed by atoms with Crippen molar-refractivity contribution in [1.82, 2.24) is 19.9 Å². The lowest BCUT2D eigenvalue weighted by Crippen LogP contribution is -2.31. The van der Waals surface area contributed by atoms with Gasteiger partial charge in [0.25, 0.3) is 0 Å². The normalized spacial score (nSPS) is 14.0. The summed E-state index contributed by atoms with van der Waals surface area (Å²) >= 11 is 1.71. The van der Waals surface area contributed by atoms with Gasteiger partial charge in [-0.3, -0.25) is 0 Å². The number of fused-ring (bicyclic) bond motifs is 3. The second-order valence-electron chi connectivity index (χ2n) is 9.02. The molecule has 1 fully saturated rings. The summed E-state index contributed by atoms with van der Waals surface area (Å²) in [6, 6.07) is 12.6. The summed E-state index contributed by atoms with van der Waals surface area (Å²) in [7, 11) is 0. The Bertz CT molecular complexity index is 1270. The van der Waals surface area contributed by atoms with Crippen LogP contribution in [-0.2, 0) is 0 Å². The number of nitrogens with one attached hydrogen (secondary N) is 1. The van der Waals surface area contributed by atoms with Gasteiger partial charge in [0.05, 0.1) is 15.9 Å². The van der Waals surface area contributed by atoms with Crippen molar-refractivity contribution in [2.45, 2.75) is 40.0 Å². The van der Waals surface area contributed by atoms with E-state index in [9.17, 15) is 0 Å². The van der Waals surface area contributed by atoms with Crippen LogP contribution < -0.4 is 10.2 Å². The maximum atomic E-state index is 5.12. The molecule has 1 aromatic carbocycles. The molecule has 0 unspecified atom stereocenters. The Labute approximate surface area is 211 Å². The van der Waals surface area contributed by atoms with Gasteiger partial charge in [-0.25, -0.2) is 9.97 Å². The molecule has 3 aromatic heterocycles. The van der Waals surface area contributed by atoms with Crippen molar-refractivity contribution >= 4 is 43.5 Å². The Morgan fingerprint density at radius 2 is 1.74 bits per heavy atom. The minimum Gasteiger partial charge on any atom is -0.412 e. The van der Waals surface area contributed by atoms with Crippen molar-refractivity contribution in [2.24, 2.45) is 0 Å². The number of hydrogen-bond acceptors (Lipinski definition) is 7. The first-order valence-electron chi connectivity index (χ1n) is 12.6. The van der Waals surface area contributed by atoms with Crippen molar-refractivity contribution in [3.8, 4) is 11.3 Å². The van der Waals surface area contributed by atoms with E-state index in [0.29, 0.717) is 0 Å². The number of nitrogens with zero attached hydrogens (tertiary/aromatic N) is 5. The lowest BCUT2D eigenvalue weighted by atomic mass is 10.1. The van der Waals surface area contributed by atoms with Crippen molar-refractivity contribution < 1.29 is 5.48 Å². The molecule has 0 aliphatic carbocycles. The summed E-state index contributed by atoms with van der Waals surface area (Å²) in [6.45, 7) is 12.6. The molecule has 35 heavy (non-hydrogen) atoms. The highest BCUT2D eigenvalue weighted by Crippen LogP contribution is 2.39. The number of piperidine rings is 1. The summed E-state index contributed by atoms with van der Waals surface area (Å²) in [5.41, 5.74) is 4.40. The maximum absolute atomic E-state index is 5.12. The Hall–Kier alpha value is -2.81. The smallest absolute Gasteiger partial charge is 0.227 e. The van der Waals surface area contributed by atoms with Crippen molar-refractivity contribution in [1.29, 1.82) is 0 Å². The van der Waals surface area contributed by atoms with Gasteiger partial charge in [-0.2, -0.15) is 4.98 Å². The molecule has 3 N–H and O–H groups in total. The van der Waals surface area contributed by atoms with E-state index < -0.39 is 0 Å². The van der Waals surface area contributed by atoms with Gasteiger partial charge in [-0.05, 0) is 50.9 Å². The minimum absolute atomic E-state index is 0. The summed E-state index contributed by atoms with van der Waals surface area (Å²) < 4.78 is 1.11. The minimum atomic E-state index is 0. The van der Waals surface area contributed by atoms with E-state index in [1.807, 2.05) is 6.07 Å². The summed E-state index contributed by atoms with van der Waals surface area (Å²) in [5, 5.41) is 4.82. The van der Waals surface area contributed by atoms with Crippen LogP contribution in [0.2, 0.25) is 0 Å². The fourth-order valence-electron chi connectivity index (χ4n) is 4.79. The van der Waals surface area contributed by atoms with E-state index in [2.05, 4.69) is 66.2 Å². The van der Waals surface area contributed by atoms with Crippen LogP contribution >= 0.6 is 11.3 Å². The Morgan fingerprint density at radius 1 is 1.00 bits per heavy atom. The first-order chi connectivity index (χ1) is 16.7. The second kappa shape index (κ2) is 11.3. The largest absolute Gasteiger partial charge is 0.412 e. The molecule has 1 aliphatic rings. The van der Waals surface area contributed by atoms with Crippen LogP contribution in [0, 0.1) is 6.92 Å². The third-order valence-electron chi connectivity index (χ3n) is 6.80. The van der Waals surface area contributed by atoms with Gasteiger partial charge in [0.2, 0.25) is 5.95 Å². The van der Waals surface area contributed by atoms with Gasteiger partial charge in [0.15, 0.2) is 0 Å². The Balaban J connectivity index is 0.00000289. The van der Waals surface area contributed by atoms with E-state index in [4.69, 9.17) is 15.0 Å². The van der Waals surface area contributed by atoms with Crippen LogP contribution in [0.5, 0.6) is 0 Å². The van der Waals surface area contributed by atoms with Gasteiger partial charge in [-0.15, -0.1) is 11.3 Å². The van der Waals surface area contributed by atoms with E-state index in [0.717, 1.165) is 82.7 Å². The molecule has 1 saturated heterocycles. The molecular formula is C27H36N6OS. The standard InChI is InChI=1S/C27H34N6S.H2O/c1-4-32(5-2)17-14-28-25-24-23(30-27(31-25)33-15-10-7-11-16-33)22-19(3)18-21(29-26(22)34-24)20-12-8-6-9-13-20;/h6,8-9,12-13,18H,4-5,7,10-11,14-17H2,1-3H3,(H,28,30,31);1H2. The number of anilines is 2. The van der Waals surface area contributed by atoms with Crippen LogP contribution in [0.1, 0.15) is 38.7 Å². The van der Waals surface area contributed by atoms with Crippen molar-refractivity contribution in [3.63, 3.8) is 0 Å². The maximum Gasteiger partial charge on any atom is 0.227 e. The third-order valence-corrected chi connectivity index (χ3v) is 7.88. The third kappa shape index (κ3) is 5.24. The molecule has 5 rings (SSSR count). The summed E-state index contributed by atoms with van der Waals surface area (Å²) in [6.07, 6.45) is 3.70. The average molecular weight is 493 g/mol. The quantitative estimate of drug-likeness (QED) is 0.367. The van der Waals surface area contributed by atoms with Crippen LogP contribution in [-0.4, -0.2) is 64.6 Å². The monoisotopic (exact) mass is 492 g/mol. The molecule has 0 amide bonds. The van der Waals surface area contributed by atoms with Crippen LogP contribution in [0.15, 0.2) is 36.4 Å². The number of aryl methyl sites for hydroxylation is 1. The zero-order valence-corrected chi connectivity index (χ0v) is 21.8. The van der Waals surface area contributed by atoms with Crippen LogP contribution in [0.25, 0.3) is 31.7 Å². The first kappa shape index (κ1) is 25.3. The van der Waals surface area contributed by atoms with Gasteiger partial charge in [0.1, 0.15) is 10.6 Å². The number of aromatic nitrogens is 3. The highest BCUT2D eigenvalue weighted by molar-refractivity contribution is 7.26. The zero-order chi connectivity index (χ0) is 23.5.